The monoisotopic (exact) mass is 170 g/mol. The summed E-state index contributed by atoms with van der Waals surface area (Å²) in [4.78, 5) is 10.2. The van der Waals surface area contributed by atoms with Crippen molar-refractivity contribution in [3.63, 3.8) is 0 Å². The molecule has 4 heteroatoms. The number of hydrogen-bond donors (Lipinski definition) is 0. The van der Waals surface area contributed by atoms with Gasteiger partial charge in [0.15, 0.2) is 0 Å². The minimum absolute atomic E-state index is 0.164. The molecule has 0 N–H and O–H groups in total. The van der Waals surface area contributed by atoms with Crippen molar-refractivity contribution >= 4 is 28.4 Å². The molecule has 0 bridgehead atoms. The Bertz CT molecular complexity index is 95.0. The van der Waals surface area contributed by atoms with Gasteiger partial charge >= 0.3 is 0 Å². The van der Waals surface area contributed by atoms with Crippen LogP contribution >= 0.6 is 23.2 Å². The molecule has 0 saturated carbocycles. The van der Waals surface area contributed by atoms with Crippen molar-refractivity contribution in [2.45, 2.75) is 11.8 Å². The molecule has 0 heterocycles. The van der Waals surface area contributed by atoms with Crippen LogP contribution in [0.25, 0.3) is 0 Å². The Morgan fingerprint density at radius 3 is 2.67 bits per heavy atom. The second-order valence-electron chi connectivity index (χ2n) is 1.61. The molecule has 0 rings (SSSR count). The Balaban J connectivity index is 3.26. The third kappa shape index (κ3) is 6.09. The van der Waals surface area contributed by atoms with Crippen molar-refractivity contribution < 1.29 is 9.53 Å². The zero-order valence-corrected chi connectivity index (χ0v) is 6.58. The summed E-state index contributed by atoms with van der Waals surface area (Å²) >= 11 is 10.6. The maximum atomic E-state index is 10.2. The van der Waals surface area contributed by atoms with E-state index < -0.39 is 5.24 Å². The molecule has 0 aromatic heterocycles. The lowest BCUT2D eigenvalue weighted by Gasteiger charge is -2.02. The van der Waals surface area contributed by atoms with Crippen LogP contribution in [-0.4, -0.2) is 24.3 Å². The summed E-state index contributed by atoms with van der Waals surface area (Å²) in [6.07, 6.45) is 0.164. The SMILES string of the molecule is COCC(Cl)CC(=O)Cl. The molecule has 0 radical (unpaired) electrons. The van der Waals surface area contributed by atoms with Crippen molar-refractivity contribution in [1.82, 2.24) is 0 Å². The fraction of sp³-hybridized carbons (Fsp3) is 0.800. The van der Waals surface area contributed by atoms with Gasteiger partial charge in [0, 0.05) is 13.5 Å². The average molecular weight is 171 g/mol. The van der Waals surface area contributed by atoms with Crippen molar-refractivity contribution in [2.75, 3.05) is 13.7 Å². The fourth-order valence-electron chi connectivity index (χ4n) is 0.414. The highest BCUT2D eigenvalue weighted by Crippen LogP contribution is 2.04. The van der Waals surface area contributed by atoms with Gasteiger partial charge in [0.2, 0.25) is 5.24 Å². The van der Waals surface area contributed by atoms with Crippen LogP contribution in [-0.2, 0) is 9.53 Å². The van der Waals surface area contributed by atoms with Crippen molar-refractivity contribution in [3.05, 3.63) is 0 Å². The first-order chi connectivity index (χ1) is 4.16. The number of alkyl halides is 1. The minimum atomic E-state index is -0.424. The highest BCUT2D eigenvalue weighted by Gasteiger charge is 2.07. The van der Waals surface area contributed by atoms with E-state index in [-0.39, 0.29) is 11.8 Å². The summed E-state index contributed by atoms with van der Waals surface area (Å²) in [6.45, 7) is 0.361. The van der Waals surface area contributed by atoms with E-state index in [1.807, 2.05) is 0 Å². The van der Waals surface area contributed by atoms with Gasteiger partial charge in [-0.3, -0.25) is 4.79 Å². The Morgan fingerprint density at radius 2 is 2.33 bits per heavy atom. The molecule has 0 aliphatic heterocycles. The Morgan fingerprint density at radius 1 is 1.78 bits per heavy atom. The van der Waals surface area contributed by atoms with Gasteiger partial charge in [0.25, 0.3) is 0 Å². The maximum Gasteiger partial charge on any atom is 0.223 e. The first-order valence-corrected chi connectivity index (χ1v) is 3.29. The molecule has 0 aromatic rings. The molecular formula is C5H8Cl2O2. The average Bonchev–Trinajstić information content (AvgIpc) is 1.63. The van der Waals surface area contributed by atoms with E-state index in [0.717, 1.165) is 0 Å². The topological polar surface area (TPSA) is 26.3 Å². The van der Waals surface area contributed by atoms with Gasteiger partial charge in [-0.2, -0.15) is 0 Å². The summed E-state index contributed by atoms with van der Waals surface area (Å²) < 4.78 is 4.66. The highest BCUT2D eigenvalue weighted by atomic mass is 35.5. The number of ether oxygens (including phenoxy) is 1. The lowest BCUT2D eigenvalue weighted by molar-refractivity contribution is -0.111. The molecule has 0 aromatic carbocycles. The Labute approximate surface area is 64.1 Å². The van der Waals surface area contributed by atoms with Crippen LogP contribution in [0.5, 0.6) is 0 Å². The lowest BCUT2D eigenvalue weighted by Crippen LogP contribution is -2.09. The van der Waals surface area contributed by atoms with Crippen LogP contribution in [0.3, 0.4) is 0 Å². The zero-order valence-electron chi connectivity index (χ0n) is 5.06. The number of rotatable bonds is 4. The summed E-state index contributed by atoms with van der Waals surface area (Å²) in [5.41, 5.74) is 0. The molecule has 0 amide bonds. The zero-order chi connectivity index (χ0) is 7.28. The fourth-order valence-corrected chi connectivity index (χ4v) is 0.945. The molecule has 1 atom stereocenters. The first-order valence-electron chi connectivity index (χ1n) is 2.48. The van der Waals surface area contributed by atoms with Gasteiger partial charge < -0.3 is 4.74 Å². The van der Waals surface area contributed by atoms with E-state index in [2.05, 4.69) is 4.74 Å². The van der Waals surface area contributed by atoms with Gasteiger partial charge in [-0.15, -0.1) is 11.6 Å². The molecule has 0 aliphatic rings. The van der Waals surface area contributed by atoms with Crippen LogP contribution in [0.2, 0.25) is 0 Å². The number of hydrogen-bond acceptors (Lipinski definition) is 2. The Kier molecular flexibility index (Phi) is 5.15. The predicted molar refractivity (Wildman–Crippen MR) is 37.0 cm³/mol. The second kappa shape index (κ2) is 5.03. The highest BCUT2D eigenvalue weighted by molar-refractivity contribution is 6.63. The molecule has 0 fully saturated rings. The number of carbonyl (C=O) groups excluding carboxylic acids is 1. The van der Waals surface area contributed by atoms with E-state index in [1.54, 1.807) is 0 Å². The first kappa shape index (κ1) is 9.21. The minimum Gasteiger partial charge on any atom is -0.383 e. The van der Waals surface area contributed by atoms with E-state index in [4.69, 9.17) is 23.2 Å². The van der Waals surface area contributed by atoms with Crippen molar-refractivity contribution in [3.8, 4) is 0 Å². The summed E-state index contributed by atoms with van der Waals surface area (Å²) in [7, 11) is 1.52. The molecule has 0 spiro atoms. The normalized spacial score (nSPS) is 13.2. The van der Waals surface area contributed by atoms with Gasteiger partial charge in [0.1, 0.15) is 0 Å². The number of halogens is 2. The molecule has 54 valence electrons. The van der Waals surface area contributed by atoms with Gasteiger partial charge in [0.05, 0.1) is 12.0 Å². The van der Waals surface area contributed by atoms with Crippen molar-refractivity contribution in [2.24, 2.45) is 0 Å². The Hall–Kier alpha value is 0.210. The van der Waals surface area contributed by atoms with Gasteiger partial charge in [-0.1, -0.05) is 0 Å². The van der Waals surface area contributed by atoms with E-state index in [0.29, 0.717) is 6.61 Å². The largest absolute Gasteiger partial charge is 0.383 e. The van der Waals surface area contributed by atoms with E-state index in [1.165, 1.54) is 7.11 Å². The third-order valence-electron chi connectivity index (χ3n) is 0.729. The van der Waals surface area contributed by atoms with E-state index >= 15 is 0 Å². The maximum absolute atomic E-state index is 10.2. The molecule has 0 saturated heterocycles. The van der Waals surface area contributed by atoms with E-state index in [9.17, 15) is 4.79 Å². The smallest absolute Gasteiger partial charge is 0.223 e. The predicted octanol–water partition coefficient (Wildman–Crippen LogP) is 1.40. The van der Waals surface area contributed by atoms with Crippen LogP contribution in [0.15, 0.2) is 0 Å². The van der Waals surface area contributed by atoms with Crippen LogP contribution in [0.4, 0.5) is 0 Å². The second-order valence-corrected chi connectivity index (χ2v) is 2.65. The third-order valence-corrected chi connectivity index (χ3v) is 1.16. The van der Waals surface area contributed by atoms with Crippen LogP contribution in [0.1, 0.15) is 6.42 Å². The number of carbonyl (C=O) groups is 1. The summed E-state index contributed by atoms with van der Waals surface area (Å²) in [5.74, 6) is 0. The quantitative estimate of drug-likeness (QED) is 0.472. The van der Waals surface area contributed by atoms with Crippen LogP contribution < -0.4 is 0 Å². The summed E-state index contributed by atoms with van der Waals surface area (Å²) in [5, 5.41) is -0.716. The van der Waals surface area contributed by atoms with Gasteiger partial charge in [-0.05, 0) is 11.6 Å². The van der Waals surface area contributed by atoms with Crippen LogP contribution in [0, 0.1) is 0 Å². The molecule has 9 heavy (non-hydrogen) atoms. The van der Waals surface area contributed by atoms with Gasteiger partial charge in [-0.25, -0.2) is 0 Å². The summed E-state index contributed by atoms with van der Waals surface area (Å²) in [6, 6.07) is 0. The standard InChI is InChI=1S/C5H8Cl2O2/c1-9-3-4(6)2-5(7)8/h4H,2-3H2,1H3. The molecule has 0 aliphatic carbocycles. The molecule has 2 nitrogen and oxygen atoms in total. The number of methoxy groups -OCH3 is 1. The molecule has 1 unspecified atom stereocenters. The molecular weight excluding hydrogens is 163 g/mol. The lowest BCUT2D eigenvalue weighted by atomic mass is 10.3. The van der Waals surface area contributed by atoms with Crippen molar-refractivity contribution in [1.29, 1.82) is 0 Å².